The molecule has 2 N–H and O–H groups in total. The highest BCUT2D eigenvalue weighted by atomic mass is 127. The van der Waals surface area contributed by atoms with Gasteiger partial charge in [-0.2, -0.15) is 13.2 Å². The highest BCUT2D eigenvalue weighted by molar-refractivity contribution is 14.0. The van der Waals surface area contributed by atoms with E-state index in [1.807, 2.05) is 11.5 Å². The second-order valence-electron chi connectivity index (χ2n) is 7.05. The number of nitrogens with zero attached hydrogens (tertiary/aromatic N) is 5. The van der Waals surface area contributed by atoms with Crippen LogP contribution in [0.3, 0.4) is 0 Å². The molecule has 12 heteroatoms. The summed E-state index contributed by atoms with van der Waals surface area (Å²) in [5.74, 6) is 1.18. The topological polar surface area (TPSA) is 87.4 Å². The zero-order valence-corrected chi connectivity index (χ0v) is 20.6. The van der Waals surface area contributed by atoms with Crippen molar-refractivity contribution < 1.29 is 18.0 Å². The number of aromatic nitrogens is 3. The van der Waals surface area contributed by atoms with Crippen LogP contribution in [0.2, 0.25) is 0 Å². The molecule has 0 aliphatic carbocycles. The van der Waals surface area contributed by atoms with Crippen molar-refractivity contribution in [2.75, 3.05) is 33.7 Å². The van der Waals surface area contributed by atoms with E-state index in [9.17, 15) is 18.0 Å². The minimum absolute atomic E-state index is 0. The minimum Gasteiger partial charge on any atom is -0.356 e. The van der Waals surface area contributed by atoms with Crippen molar-refractivity contribution in [1.82, 2.24) is 30.3 Å². The number of aliphatic imine (C=N–C) groups is 1. The maximum atomic E-state index is 12.7. The number of carbonyl (C=O) groups excluding carboxylic acids is 1. The second kappa shape index (κ2) is 13.2. The molecule has 0 spiro atoms. The summed E-state index contributed by atoms with van der Waals surface area (Å²) in [6.07, 6.45) is -1.41. The third-order valence-electron chi connectivity index (χ3n) is 4.52. The van der Waals surface area contributed by atoms with Crippen LogP contribution >= 0.6 is 24.0 Å². The molecule has 0 radical (unpaired) electrons. The first kappa shape index (κ1) is 27.7. The Kier molecular flexibility index (Phi) is 11.4. The first-order valence-electron chi connectivity index (χ1n) is 9.96. The number of hydrogen-bond donors (Lipinski definition) is 2. The Morgan fingerprint density at radius 1 is 1.16 bits per heavy atom. The molecule has 32 heavy (non-hydrogen) atoms. The number of alkyl halides is 3. The lowest BCUT2D eigenvalue weighted by molar-refractivity contribution is -0.137. The number of nitrogens with one attached hydrogen (secondary N) is 2. The predicted octanol–water partition coefficient (Wildman–Crippen LogP) is 2.34. The SMILES string of the molecule is CCc1nncn1CCNC(=NCC(=O)N(C)C)NCCc1ccc(C(F)(F)F)cc1.I. The lowest BCUT2D eigenvalue weighted by Crippen LogP contribution is -2.40. The van der Waals surface area contributed by atoms with Gasteiger partial charge in [0.2, 0.25) is 5.91 Å². The summed E-state index contributed by atoms with van der Waals surface area (Å²) in [6.45, 7) is 3.58. The molecule has 0 unspecified atom stereocenters. The number of halogens is 4. The van der Waals surface area contributed by atoms with E-state index in [2.05, 4.69) is 25.8 Å². The van der Waals surface area contributed by atoms with Crippen LogP contribution in [0.4, 0.5) is 13.2 Å². The number of aryl methyl sites for hydroxylation is 1. The summed E-state index contributed by atoms with van der Waals surface area (Å²) in [6, 6.07) is 5.07. The second-order valence-corrected chi connectivity index (χ2v) is 7.05. The van der Waals surface area contributed by atoms with Gasteiger partial charge in [-0.1, -0.05) is 19.1 Å². The first-order valence-corrected chi connectivity index (χ1v) is 9.96. The fourth-order valence-corrected chi connectivity index (χ4v) is 2.68. The van der Waals surface area contributed by atoms with E-state index in [4.69, 9.17) is 0 Å². The van der Waals surface area contributed by atoms with Gasteiger partial charge in [-0.25, -0.2) is 4.99 Å². The van der Waals surface area contributed by atoms with Gasteiger partial charge in [0.1, 0.15) is 18.7 Å². The number of amides is 1. The molecule has 0 bridgehead atoms. The lowest BCUT2D eigenvalue weighted by atomic mass is 10.1. The number of benzene rings is 1. The minimum atomic E-state index is -4.35. The Hall–Kier alpha value is -2.38. The van der Waals surface area contributed by atoms with E-state index in [1.165, 1.54) is 17.0 Å². The van der Waals surface area contributed by atoms with Crippen LogP contribution in [-0.2, 0) is 30.4 Å². The number of likely N-dealkylation sites (N-methyl/N-ethyl adjacent to an activating group) is 1. The van der Waals surface area contributed by atoms with E-state index in [1.54, 1.807) is 20.4 Å². The third kappa shape index (κ3) is 9.01. The van der Waals surface area contributed by atoms with Crippen LogP contribution in [-0.4, -0.2) is 65.3 Å². The Labute approximate surface area is 202 Å². The monoisotopic (exact) mass is 567 g/mol. The molecule has 2 aromatic rings. The Morgan fingerprint density at radius 2 is 1.81 bits per heavy atom. The van der Waals surface area contributed by atoms with Gasteiger partial charge in [-0.15, -0.1) is 34.2 Å². The summed E-state index contributed by atoms with van der Waals surface area (Å²) in [5.41, 5.74) is 0.0945. The van der Waals surface area contributed by atoms with Crippen molar-refractivity contribution in [3.8, 4) is 0 Å². The summed E-state index contributed by atoms with van der Waals surface area (Å²) in [7, 11) is 3.31. The third-order valence-corrected chi connectivity index (χ3v) is 4.52. The van der Waals surface area contributed by atoms with Crippen molar-refractivity contribution >= 4 is 35.8 Å². The molecule has 0 atom stereocenters. The molecule has 1 aromatic heterocycles. The molecule has 0 saturated heterocycles. The van der Waals surface area contributed by atoms with Crippen LogP contribution in [0.1, 0.15) is 23.9 Å². The van der Waals surface area contributed by atoms with Gasteiger partial charge in [0, 0.05) is 40.2 Å². The molecule has 1 amide bonds. The Morgan fingerprint density at radius 3 is 2.41 bits per heavy atom. The molecule has 8 nitrogen and oxygen atoms in total. The van der Waals surface area contributed by atoms with E-state index in [0.717, 1.165) is 29.9 Å². The van der Waals surface area contributed by atoms with E-state index < -0.39 is 11.7 Å². The van der Waals surface area contributed by atoms with Crippen LogP contribution in [0.15, 0.2) is 35.6 Å². The van der Waals surface area contributed by atoms with Crippen molar-refractivity contribution in [3.63, 3.8) is 0 Å². The maximum Gasteiger partial charge on any atom is 0.416 e. The fourth-order valence-electron chi connectivity index (χ4n) is 2.68. The van der Waals surface area contributed by atoms with Crippen LogP contribution in [0, 0.1) is 0 Å². The zero-order valence-electron chi connectivity index (χ0n) is 18.3. The molecular weight excluding hydrogens is 538 g/mol. The highest BCUT2D eigenvalue weighted by Crippen LogP contribution is 2.29. The maximum absolute atomic E-state index is 12.7. The number of hydrogen-bond acceptors (Lipinski definition) is 4. The molecule has 1 heterocycles. The molecule has 0 saturated carbocycles. The fraction of sp³-hybridized carbons (Fsp3) is 0.500. The van der Waals surface area contributed by atoms with Gasteiger partial charge >= 0.3 is 6.18 Å². The van der Waals surface area contributed by atoms with Gasteiger partial charge in [0.15, 0.2) is 5.96 Å². The summed E-state index contributed by atoms with van der Waals surface area (Å²) in [5, 5.41) is 14.2. The van der Waals surface area contributed by atoms with Gasteiger partial charge in [0.25, 0.3) is 0 Å². The molecule has 178 valence electrons. The highest BCUT2D eigenvalue weighted by Gasteiger charge is 2.29. The van der Waals surface area contributed by atoms with Crippen molar-refractivity contribution in [2.45, 2.75) is 32.5 Å². The zero-order chi connectivity index (χ0) is 22.9. The van der Waals surface area contributed by atoms with Crippen molar-refractivity contribution in [1.29, 1.82) is 0 Å². The normalized spacial score (nSPS) is 11.6. The van der Waals surface area contributed by atoms with Crippen molar-refractivity contribution in [3.05, 3.63) is 47.5 Å². The van der Waals surface area contributed by atoms with E-state index in [0.29, 0.717) is 32.0 Å². The van der Waals surface area contributed by atoms with Crippen molar-refractivity contribution in [2.24, 2.45) is 4.99 Å². The molecule has 0 aliphatic rings. The first-order chi connectivity index (χ1) is 14.7. The summed E-state index contributed by atoms with van der Waals surface area (Å²) >= 11 is 0. The van der Waals surface area contributed by atoms with Gasteiger partial charge in [-0.3, -0.25) is 4.79 Å². The molecule has 1 aromatic carbocycles. The van der Waals surface area contributed by atoms with Gasteiger partial charge in [0.05, 0.1) is 5.56 Å². The average molecular weight is 567 g/mol. The summed E-state index contributed by atoms with van der Waals surface area (Å²) in [4.78, 5) is 17.6. The smallest absolute Gasteiger partial charge is 0.356 e. The average Bonchev–Trinajstić information content (AvgIpc) is 3.18. The van der Waals surface area contributed by atoms with Gasteiger partial charge in [-0.05, 0) is 24.1 Å². The Balaban J connectivity index is 0.00000512. The van der Waals surface area contributed by atoms with E-state index in [-0.39, 0.29) is 36.4 Å². The standard InChI is InChI=1S/C20H28F3N7O.HI/c1-4-17-28-27-14-30(17)12-11-25-19(26-13-18(31)29(2)3)24-10-9-15-5-7-16(8-6-15)20(21,22)23;/h5-8,14H,4,9-13H2,1-3H3,(H2,24,25,26);1H. The molecule has 2 rings (SSSR count). The number of rotatable bonds is 9. The van der Waals surface area contributed by atoms with Gasteiger partial charge < -0.3 is 20.1 Å². The number of carbonyl (C=O) groups is 1. The largest absolute Gasteiger partial charge is 0.416 e. The van der Waals surface area contributed by atoms with Crippen LogP contribution < -0.4 is 10.6 Å². The predicted molar refractivity (Wildman–Crippen MR) is 127 cm³/mol. The lowest BCUT2D eigenvalue weighted by Gasteiger charge is -2.14. The quantitative estimate of drug-likeness (QED) is 0.276. The van der Waals surface area contributed by atoms with E-state index >= 15 is 0 Å². The Bertz CT molecular complexity index is 867. The summed E-state index contributed by atoms with van der Waals surface area (Å²) < 4.78 is 40.0. The number of guanidine groups is 1. The van der Waals surface area contributed by atoms with Crippen LogP contribution in [0.25, 0.3) is 0 Å². The van der Waals surface area contributed by atoms with Crippen LogP contribution in [0.5, 0.6) is 0 Å². The molecule has 0 aliphatic heterocycles. The molecule has 0 fully saturated rings. The molecular formula is C20H29F3IN7O.